The third-order valence-corrected chi connectivity index (χ3v) is 11.3. The monoisotopic (exact) mass is 695 g/mol. The first-order valence-electron chi connectivity index (χ1n) is 17.3. The zero-order valence-corrected chi connectivity index (χ0v) is 29.7. The molecule has 1 saturated heterocycles. The predicted molar refractivity (Wildman–Crippen MR) is 195 cm³/mol. The summed E-state index contributed by atoms with van der Waals surface area (Å²) in [6.07, 6.45) is 11.5. The number of hydrogen-bond donors (Lipinski definition) is 3. The number of piperidine rings is 1. The topological polar surface area (TPSA) is 146 Å². The van der Waals surface area contributed by atoms with E-state index in [1.165, 1.54) is 28.7 Å². The van der Waals surface area contributed by atoms with Gasteiger partial charge in [-0.15, -0.1) is 21.5 Å². The maximum Gasteiger partial charge on any atom is 0.290 e. The highest BCUT2D eigenvalue weighted by Crippen LogP contribution is 2.38. The van der Waals surface area contributed by atoms with Crippen molar-refractivity contribution in [1.82, 2.24) is 34.9 Å². The van der Waals surface area contributed by atoms with Crippen LogP contribution in [0.25, 0.3) is 21.3 Å². The molecular weight excluding hydrogens is 651 g/mol. The van der Waals surface area contributed by atoms with Crippen LogP contribution in [0.3, 0.4) is 0 Å². The number of carboxylic acid groups (broad SMARTS) is 1. The number of aryl methyl sites for hydroxylation is 1. The van der Waals surface area contributed by atoms with Gasteiger partial charge in [-0.05, 0) is 90.3 Å². The molecule has 50 heavy (non-hydrogen) atoms. The summed E-state index contributed by atoms with van der Waals surface area (Å²) in [5.41, 5.74) is 5.70. The van der Waals surface area contributed by atoms with Crippen LogP contribution in [-0.2, 0) is 17.6 Å². The Morgan fingerprint density at radius 3 is 2.42 bits per heavy atom. The van der Waals surface area contributed by atoms with Crippen molar-refractivity contribution in [2.24, 2.45) is 11.3 Å². The van der Waals surface area contributed by atoms with Gasteiger partial charge in [-0.1, -0.05) is 45.0 Å². The minimum atomic E-state index is -0.250. The first-order valence-corrected chi connectivity index (χ1v) is 18.1. The molecule has 262 valence electrons. The molecule has 12 heteroatoms. The average Bonchev–Trinajstić information content (AvgIpc) is 3.80. The van der Waals surface area contributed by atoms with Gasteiger partial charge in [0, 0.05) is 49.0 Å². The van der Waals surface area contributed by atoms with Gasteiger partial charge in [-0.2, -0.15) is 0 Å². The van der Waals surface area contributed by atoms with Gasteiger partial charge in [0.15, 0.2) is 0 Å². The lowest BCUT2D eigenvalue weighted by Crippen LogP contribution is -2.37. The molecule has 1 aromatic carbocycles. The number of nitrogens with zero attached hydrogens (tertiary/aromatic N) is 5. The van der Waals surface area contributed by atoms with E-state index in [4.69, 9.17) is 14.9 Å². The number of fused-ring (bicyclic) bond motifs is 2. The fourth-order valence-corrected chi connectivity index (χ4v) is 8.11. The second-order valence-electron chi connectivity index (χ2n) is 14.4. The van der Waals surface area contributed by atoms with E-state index in [0.717, 1.165) is 85.1 Å². The molecular formula is C38H45N7O4S. The normalized spacial score (nSPS) is 17.4. The van der Waals surface area contributed by atoms with Crippen molar-refractivity contribution in [3.63, 3.8) is 0 Å². The highest BCUT2D eigenvalue weighted by Gasteiger charge is 2.30. The van der Waals surface area contributed by atoms with Crippen LogP contribution in [0.4, 0.5) is 0 Å². The number of pyridine rings is 2. The second kappa shape index (κ2) is 15.5. The van der Waals surface area contributed by atoms with E-state index >= 15 is 0 Å². The zero-order valence-electron chi connectivity index (χ0n) is 28.8. The van der Waals surface area contributed by atoms with Gasteiger partial charge in [0.25, 0.3) is 12.4 Å². The van der Waals surface area contributed by atoms with Crippen LogP contribution >= 0.6 is 11.3 Å². The van der Waals surface area contributed by atoms with Crippen molar-refractivity contribution in [1.29, 1.82) is 0 Å². The summed E-state index contributed by atoms with van der Waals surface area (Å²) in [5.74, 6) is 0.584. The number of carbonyl (C=O) groups is 2. The van der Waals surface area contributed by atoms with Crippen LogP contribution in [0.5, 0.6) is 0 Å². The van der Waals surface area contributed by atoms with Crippen molar-refractivity contribution < 1.29 is 14.7 Å². The molecule has 2 atom stereocenters. The number of thiophene rings is 1. The standard InChI is InChI=1S/C37H43N7O2S.CH2O2/c1-37(2,3)29-9-10-31-27(19-29)18-28-20-33(47-36(28)42-31)35(46)41-32(14-17-43-15-12-30(13-16-43)44-22-39-40-23-44)25-6-4-24(5-7-25)26-8-11-34(45)38-21-26;2-1-3/h4-8,11,18,20-23,29-30,32H,9-10,12-17,19H2,1-3H3,(H,38,45)(H,41,46);1H,(H,2,3)/t29-,32+;/m0./s1. The number of hydrogen-bond acceptors (Lipinski definition) is 8. The predicted octanol–water partition coefficient (Wildman–Crippen LogP) is 6.29. The van der Waals surface area contributed by atoms with Gasteiger partial charge >= 0.3 is 0 Å². The van der Waals surface area contributed by atoms with E-state index < -0.39 is 0 Å². The summed E-state index contributed by atoms with van der Waals surface area (Å²) in [6, 6.07) is 16.3. The Kier molecular flexibility index (Phi) is 10.9. The fraction of sp³-hybridized carbons (Fsp3) is 0.421. The maximum absolute atomic E-state index is 13.9. The molecule has 1 aliphatic carbocycles. The maximum atomic E-state index is 13.9. The number of aromatic amines is 1. The van der Waals surface area contributed by atoms with E-state index in [9.17, 15) is 9.59 Å². The van der Waals surface area contributed by atoms with Crippen LogP contribution in [0.1, 0.15) is 85.0 Å². The quantitative estimate of drug-likeness (QED) is 0.161. The number of aromatic nitrogens is 5. The number of amides is 1. The molecule has 0 saturated carbocycles. The first-order chi connectivity index (χ1) is 24.1. The van der Waals surface area contributed by atoms with Gasteiger partial charge in [0.05, 0.1) is 10.9 Å². The summed E-state index contributed by atoms with van der Waals surface area (Å²) < 4.78 is 2.11. The molecule has 5 heterocycles. The minimum absolute atomic E-state index is 0.0560. The largest absolute Gasteiger partial charge is 0.483 e. The van der Waals surface area contributed by atoms with Crippen molar-refractivity contribution in [3.05, 3.63) is 99.4 Å². The summed E-state index contributed by atoms with van der Waals surface area (Å²) in [6.45, 7) is 9.62. The Morgan fingerprint density at radius 2 is 1.76 bits per heavy atom. The molecule has 2 aliphatic rings. The number of H-pyrrole nitrogens is 1. The molecule has 0 unspecified atom stereocenters. The first kappa shape index (κ1) is 35.2. The molecule has 0 spiro atoms. The van der Waals surface area contributed by atoms with E-state index in [0.29, 0.717) is 16.8 Å². The fourth-order valence-electron chi connectivity index (χ4n) is 7.17. The second-order valence-corrected chi connectivity index (χ2v) is 15.4. The zero-order chi connectivity index (χ0) is 35.3. The summed E-state index contributed by atoms with van der Waals surface area (Å²) in [5, 5.41) is 19.3. The lowest BCUT2D eigenvalue weighted by atomic mass is 9.71. The third kappa shape index (κ3) is 8.36. The van der Waals surface area contributed by atoms with Crippen molar-refractivity contribution >= 4 is 33.9 Å². The molecule has 1 amide bonds. The molecule has 1 fully saturated rings. The number of benzene rings is 1. The van der Waals surface area contributed by atoms with Crippen molar-refractivity contribution in [3.8, 4) is 11.1 Å². The van der Waals surface area contributed by atoms with Crippen molar-refractivity contribution in [2.45, 2.75) is 71.4 Å². The van der Waals surface area contributed by atoms with Crippen LogP contribution in [0, 0.1) is 11.3 Å². The highest BCUT2D eigenvalue weighted by atomic mass is 32.1. The Bertz CT molecular complexity index is 1940. The van der Waals surface area contributed by atoms with Crippen LogP contribution in [0.2, 0.25) is 0 Å². The Morgan fingerprint density at radius 1 is 1.06 bits per heavy atom. The van der Waals surface area contributed by atoms with Gasteiger partial charge < -0.3 is 24.9 Å². The van der Waals surface area contributed by atoms with Gasteiger partial charge in [-0.3, -0.25) is 14.4 Å². The molecule has 5 aromatic rings. The number of rotatable bonds is 8. The summed E-state index contributed by atoms with van der Waals surface area (Å²) >= 11 is 1.49. The van der Waals surface area contributed by atoms with Gasteiger partial charge in [0.1, 0.15) is 17.5 Å². The van der Waals surface area contributed by atoms with Crippen LogP contribution < -0.4 is 10.9 Å². The van der Waals surface area contributed by atoms with Gasteiger partial charge in [-0.25, -0.2) is 4.98 Å². The molecule has 3 N–H and O–H groups in total. The van der Waals surface area contributed by atoms with Gasteiger partial charge in [0.2, 0.25) is 5.56 Å². The minimum Gasteiger partial charge on any atom is -0.483 e. The Hall–Kier alpha value is -4.68. The Labute approximate surface area is 295 Å². The smallest absolute Gasteiger partial charge is 0.290 e. The molecule has 1 aliphatic heterocycles. The molecule has 0 radical (unpaired) electrons. The summed E-state index contributed by atoms with van der Waals surface area (Å²) in [7, 11) is 0. The highest BCUT2D eigenvalue weighted by molar-refractivity contribution is 7.20. The lowest BCUT2D eigenvalue weighted by molar-refractivity contribution is -0.122. The van der Waals surface area contributed by atoms with E-state index in [2.05, 4.69) is 81.1 Å². The number of nitrogens with one attached hydrogen (secondary N) is 2. The Balaban J connectivity index is 0.00000139. The van der Waals surface area contributed by atoms with E-state index in [1.807, 2.05) is 24.8 Å². The SMILES string of the molecule is CC(C)(C)[C@H]1CCc2nc3sc(C(=O)N[C@H](CCN4CCC(n5cnnc5)CC4)c4ccc(-c5ccc(=O)[nH]c5)cc4)cc3cc2C1.O=CO. The molecule has 7 rings (SSSR count). The van der Waals surface area contributed by atoms with Crippen LogP contribution in [-0.4, -0.2) is 66.8 Å². The molecule has 4 aromatic heterocycles. The lowest BCUT2D eigenvalue weighted by Gasteiger charge is -2.34. The number of likely N-dealkylation sites (tertiary alicyclic amines) is 1. The number of carbonyl (C=O) groups excluding carboxylic acids is 1. The molecule has 0 bridgehead atoms. The molecule has 11 nitrogen and oxygen atoms in total. The average molecular weight is 696 g/mol. The summed E-state index contributed by atoms with van der Waals surface area (Å²) in [4.78, 5) is 45.7. The van der Waals surface area contributed by atoms with Crippen LogP contribution in [0.15, 0.2) is 72.2 Å². The van der Waals surface area contributed by atoms with E-state index in [-0.39, 0.29) is 29.4 Å². The van der Waals surface area contributed by atoms with Crippen molar-refractivity contribution in [2.75, 3.05) is 19.6 Å². The van der Waals surface area contributed by atoms with E-state index in [1.54, 1.807) is 6.20 Å². The third-order valence-electron chi connectivity index (χ3n) is 10.2.